The van der Waals surface area contributed by atoms with E-state index in [1.165, 1.54) is 32.4 Å². The van der Waals surface area contributed by atoms with Crippen molar-refractivity contribution in [2.24, 2.45) is 0 Å². The summed E-state index contributed by atoms with van der Waals surface area (Å²) in [6.45, 7) is 13.4. The van der Waals surface area contributed by atoms with Crippen LogP contribution < -0.4 is 0 Å². The molecule has 0 radical (unpaired) electrons. The molecule has 1 atom stereocenters. The largest absolute Gasteiger partial charge is 0.444 e. The smallest absolute Gasteiger partial charge is 0.410 e. The van der Waals surface area contributed by atoms with Crippen molar-refractivity contribution in [3.63, 3.8) is 0 Å². The van der Waals surface area contributed by atoms with Gasteiger partial charge in [0.05, 0.1) is 18.8 Å². The van der Waals surface area contributed by atoms with Crippen molar-refractivity contribution in [1.29, 1.82) is 0 Å². The van der Waals surface area contributed by atoms with Gasteiger partial charge in [-0.1, -0.05) is 13.3 Å². The molecule has 0 N–H and O–H groups in total. The van der Waals surface area contributed by atoms with E-state index in [1.807, 2.05) is 20.8 Å². The van der Waals surface area contributed by atoms with Crippen molar-refractivity contribution in [1.82, 2.24) is 9.80 Å². The van der Waals surface area contributed by atoms with Gasteiger partial charge in [0.1, 0.15) is 5.60 Å². The van der Waals surface area contributed by atoms with Gasteiger partial charge < -0.3 is 19.3 Å². The fourth-order valence-corrected chi connectivity index (χ4v) is 3.41. The van der Waals surface area contributed by atoms with Crippen molar-refractivity contribution < 1.29 is 14.3 Å². The van der Waals surface area contributed by atoms with Crippen LogP contribution in [0.2, 0.25) is 0 Å². The van der Waals surface area contributed by atoms with Crippen LogP contribution in [0.25, 0.3) is 0 Å². The number of nitrogens with zero attached hydrogens (tertiary/aromatic N) is 2. The molecule has 1 amide bonds. The minimum Gasteiger partial charge on any atom is -0.444 e. The second-order valence-electron chi connectivity index (χ2n) is 7.94. The fourth-order valence-electron chi connectivity index (χ4n) is 3.41. The zero-order valence-corrected chi connectivity index (χ0v) is 15.4. The van der Waals surface area contributed by atoms with Crippen LogP contribution in [-0.4, -0.2) is 66.4 Å². The molecule has 134 valence electrons. The summed E-state index contributed by atoms with van der Waals surface area (Å²) in [5, 5.41) is 0. The van der Waals surface area contributed by atoms with Gasteiger partial charge in [-0.15, -0.1) is 0 Å². The number of likely N-dealkylation sites (tertiary alicyclic amines) is 2. The van der Waals surface area contributed by atoms with Gasteiger partial charge in [0.2, 0.25) is 0 Å². The van der Waals surface area contributed by atoms with Crippen LogP contribution in [0.15, 0.2) is 0 Å². The molecule has 5 heteroatoms. The summed E-state index contributed by atoms with van der Waals surface area (Å²) in [6.07, 6.45) is 5.61. The molecule has 2 aliphatic rings. The Kier molecular flexibility index (Phi) is 6.32. The third kappa shape index (κ3) is 5.64. The summed E-state index contributed by atoms with van der Waals surface area (Å²) in [5.41, 5.74) is -0.629. The molecule has 2 aliphatic heterocycles. The zero-order chi connectivity index (χ0) is 16.9. The van der Waals surface area contributed by atoms with Gasteiger partial charge in [0.25, 0.3) is 0 Å². The van der Waals surface area contributed by atoms with E-state index < -0.39 is 5.60 Å². The Bertz CT molecular complexity index is 388. The maximum Gasteiger partial charge on any atom is 0.410 e. The van der Waals surface area contributed by atoms with E-state index in [2.05, 4.69) is 11.8 Å². The molecule has 2 saturated heterocycles. The maximum atomic E-state index is 12.2. The summed E-state index contributed by atoms with van der Waals surface area (Å²) in [7, 11) is 0. The predicted octanol–water partition coefficient (Wildman–Crippen LogP) is 3.28. The number of carbonyl (C=O) groups is 1. The van der Waals surface area contributed by atoms with Crippen LogP contribution in [0, 0.1) is 0 Å². The highest BCUT2D eigenvalue weighted by Gasteiger charge is 2.40. The minimum absolute atomic E-state index is 0.188. The Morgan fingerprint density at radius 1 is 1.13 bits per heavy atom. The molecule has 0 aromatic carbocycles. The number of rotatable bonds is 5. The number of hydrogen-bond donors (Lipinski definition) is 0. The minimum atomic E-state index is -0.441. The Labute approximate surface area is 141 Å². The van der Waals surface area contributed by atoms with Crippen molar-refractivity contribution in [2.75, 3.05) is 39.3 Å². The maximum absolute atomic E-state index is 12.2. The van der Waals surface area contributed by atoms with E-state index in [4.69, 9.17) is 9.47 Å². The van der Waals surface area contributed by atoms with E-state index in [9.17, 15) is 4.79 Å². The lowest BCUT2D eigenvalue weighted by molar-refractivity contribution is -0.0501. The molecule has 0 spiro atoms. The lowest BCUT2D eigenvalue weighted by Crippen LogP contribution is -2.42. The number of amides is 1. The van der Waals surface area contributed by atoms with Crippen LogP contribution in [0.5, 0.6) is 0 Å². The average Bonchev–Trinajstić information content (AvgIpc) is 2.92. The van der Waals surface area contributed by atoms with Gasteiger partial charge in [0.15, 0.2) is 0 Å². The first-order chi connectivity index (χ1) is 10.8. The van der Waals surface area contributed by atoms with Gasteiger partial charge in [-0.25, -0.2) is 4.79 Å². The molecule has 2 fully saturated rings. The first-order valence-corrected chi connectivity index (χ1v) is 9.18. The molecule has 0 aliphatic carbocycles. The Balaban J connectivity index is 1.78. The van der Waals surface area contributed by atoms with Crippen LogP contribution >= 0.6 is 0 Å². The fraction of sp³-hybridized carbons (Fsp3) is 0.944. The van der Waals surface area contributed by atoms with Crippen molar-refractivity contribution >= 4 is 6.09 Å². The number of ether oxygens (including phenoxy) is 2. The lowest BCUT2D eigenvalue weighted by atomic mass is 10.00. The Morgan fingerprint density at radius 2 is 1.83 bits per heavy atom. The van der Waals surface area contributed by atoms with E-state index in [-0.39, 0.29) is 11.7 Å². The normalized spacial score (nSPS) is 26.5. The van der Waals surface area contributed by atoms with Crippen molar-refractivity contribution in [3.05, 3.63) is 0 Å². The predicted molar refractivity (Wildman–Crippen MR) is 91.7 cm³/mol. The summed E-state index contributed by atoms with van der Waals surface area (Å²) >= 11 is 0. The Hall–Kier alpha value is -0.810. The monoisotopic (exact) mass is 326 g/mol. The third-order valence-corrected chi connectivity index (χ3v) is 4.88. The molecule has 2 rings (SSSR count). The molecule has 1 unspecified atom stereocenters. The molecule has 0 bridgehead atoms. The van der Waals surface area contributed by atoms with Crippen LogP contribution in [0.4, 0.5) is 4.79 Å². The van der Waals surface area contributed by atoms with Crippen LogP contribution in [0.1, 0.15) is 59.8 Å². The number of hydrogen-bond acceptors (Lipinski definition) is 4. The van der Waals surface area contributed by atoms with Gasteiger partial charge in [-0.3, -0.25) is 0 Å². The molecule has 0 aromatic heterocycles. The zero-order valence-electron chi connectivity index (χ0n) is 15.4. The first kappa shape index (κ1) is 18.5. The third-order valence-electron chi connectivity index (χ3n) is 4.88. The lowest BCUT2D eigenvalue weighted by Gasteiger charge is -2.32. The second-order valence-corrected chi connectivity index (χ2v) is 7.94. The highest BCUT2D eigenvalue weighted by atomic mass is 16.6. The summed E-state index contributed by atoms with van der Waals surface area (Å²) in [6, 6.07) is 0. The standard InChI is InChI=1S/C18H34N2O3/c1-5-18(22-14-13-19-10-7-6-8-11-19)9-12-20(15-18)16(21)23-17(2,3)4/h5-15H2,1-4H3. The molecule has 0 aromatic rings. The first-order valence-electron chi connectivity index (χ1n) is 9.18. The number of carbonyl (C=O) groups excluding carboxylic acids is 1. The summed E-state index contributed by atoms with van der Waals surface area (Å²) < 4.78 is 11.7. The number of piperidine rings is 1. The molecule has 0 saturated carbocycles. The van der Waals surface area contributed by atoms with Crippen LogP contribution in [-0.2, 0) is 9.47 Å². The summed E-state index contributed by atoms with van der Waals surface area (Å²) in [5.74, 6) is 0. The molecule has 5 nitrogen and oxygen atoms in total. The molecular formula is C18H34N2O3. The highest BCUT2D eigenvalue weighted by Crippen LogP contribution is 2.30. The molecule has 23 heavy (non-hydrogen) atoms. The van der Waals surface area contributed by atoms with E-state index in [1.54, 1.807) is 4.90 Å². The van der Waals surface area contributed by atoms with Crippen molar-refractivity contribution in [3.8, 4) is 0 Å². The second kappa shape index (κ2) is 7.84. The quantitative estimate of drug-likeness (QED) is 0.777. The molecular weight excluding hydrogens is 292 g/mol. The average molecular weight is 326 g/mol. The topological polar surface area (TPSA) is 42.0 Å². The summed E-state index contributed by atoms with van der Waals surface area (Å²) in [4.78, 5) is 16.5. The van der Waals surface area contributed by atoms with E-state index in [0.29, 0.717) is 6.54 Å². The van der Waals surface area contributed by atoms with Crippen molar-refractivity contribution in [2.45, 2.75) is 71.0 Å². The van der Waals surface area contributed by atoms with Crippen LogP contribution in [0.3, 0.4) is 0 Å². The van der Waals surface area contributed by atoms with E-state index >= 15 is 0 Å². The van der Waals surface area contributed by atoms with Gasteiger partial charge in [-0.2, -0.15) is 0 Å². The van der Waals surface area contributed by atoms with E-state index in [0.717, 1.165) is 32.5 Å². The highest BCUT2D eigenvalue weighted by molar-refractivity contribution is 5.68. The Morgan fingerprint density at radius 3 is 2.43 bits per heavy atom. The van der Waals surface area contributed by atoms with Gasteiger partial charge in [0, 0.05) is 13.1 Å². The molecule has 2 heterocycles. The van der Waals surface area contributed by atoms with Gasteiger partial charge in [-0.05, 0) is 59.5 Å². The SMILES string of the molecule is CCC1(OCCN2CCCCC2)CCN(C(=O)OC(C)(C)C)C1. The van der Waals surface area contributed by atoms with Gasteiger partial charge >= 0.3 is 6.09 Å².